The van der Waals surface area contributed by atoms with Crippen molar-refractivity contribution in [1.82, 2.24) is 20.1 Å². The van der Waals surface area contributed by atoms with Crippen LogP contribution >= 0.6 is 0 Å². The van der Waals surface area contributed by atoms with Gasteiger partial charge in [-0.1, -0.05) is 0 Å². The maximum Gasteiger partial charge on any atom is 0.251 e. The number of carbonyl (C=O) groups excluding carboxylic acids is 1. The van der Waals surface area contributed by atoms with Crippen LogP contribution in [-0.2, 0) is 7.05 Å². The summed E-state index contributed by atoms with van der Waals surface area (Å²) in [5.41, 5.74) is 6.78. The van der Waals surface area contributed by atoms with E-state index in [0.717, 1.165) is 0 Å². The first-order chi connectivity index (χ1) is 10.0. The first-order valence-electron chi connectivity index (χ1n) is 6.70. The Morgan fingerprint density at radius 3 is 2.86 bits per heavy atom. The highest BCUT2D eigenvalue weighted by Crippen LogP contribution is 2.22. The topological polar surface area (TPSA) is 95.1 Å². The van der Waals surface area contributed by atoms with Crippen LogP contribution in [0.2, 0.25) is 0 Å². The van der Waals surface area contributed by atoms with E-state index in [1.54, 1.807) is 29.1 Å². The molecule has 7 heteroatoms. The SMILES string of the molecule is CCOc1ccc(C(=O)NC(C)c2nncn2C)cc1N. The highest BCUT2D eigenvalue weighted by atomic mass is 16.5. The molecule has 2 aromatic rings. The summed E-state index contributed by atoms with van der Waals surface area (Å²) in [6, 6.07) is 4.72. The van der Waals surface area contributed by atoms with Gasteiger partial charge in [-0.2, -0.15) is 0 Å². The van der Waals surface area contributed by atoms with Gasteiger partial charge < -0.3 is 20.4 Å². The molecule has 0 fully saturated rings. The number of anilines is 1. The Morgan fingerprint density at radius 1 is 1.52 bits per heavy atom. The third-order valence-electron chi connectivity index (χ3n) is 3.05. The van der Waals surface area contributed by atoms with E-state index in [4.69, 9.17) is 10.5 Å². The lowest BCUT2D eigenvalue weighted by atomic mass is 10.1. The highest BCUT2D eigenvalue weighted by molar-refractivity contribution is 5.95. The molecule has 3 N–H and O–H groups in total. The van der Waals surface area contributed by atoms with Crippen LogP contribution in [0.15, 0.2) is 24.5 Å². The number of carbonyl (C=O) groups is 1. The smallest absolute Gasteiger partial charge is 0.251 e. The molecule has 1 aromatic heterocycles. The molecule has 0 saturated carbocycles. The van der Waals surface area contributed by atoms with Crippen molar-refractivity contribution in [3.63, 3.8) is 0 Å². The molecule has 21 heavy (non-hydrogen) atoms. The summed E-state index contributed by atoms with van der Waals surface area (Å²) in [6.07, 6.45) is 1.59. The summed E-state index contributed by atoms with van der Waals surface area (Å²) < 4.78 is 7.11. The fraction of sp³-hybridized carbons (Fsp3) is 0.357. The molecule has 0 spiro atoms. The third kappa shape index (κ3) is 3.31. The van der Waals surface area contributed by atoms with Crippen LogP contribution in [0.1, 0.15) is 36.1 Å². The van der Waals surface area contributed by atoms with Crippen LogP contribution in [0, 0.1) is 0 Å². The van der Waals surface area contributed by atoms with Gasteiger partial charge in [-0.3, -0.25) is 4.79 Å². The van der Waals surface area contributed by atoms with Gasteiger partial charge in [-0.25, -0.2) is 0 Å². The average molecular weight is 289 g/mol. The van der Waals surface area contributed by atoms with Crippen molar-refractivity contribution >= 4 is 11.6 Å². The van der Waals surface area contributed by atoms with E-state index >= 15 is 0 Å². The number of benzene rings is 1. The first kappa shape index (κ1) is 14.8. The predicted octanol–water partition coefficient (Wildman–Crippen LogP) is 1.29. The number of aromatic nitrogens is 3. The summed E-state index contributed by atoms with van der Waals surface area (Å²) in [4.78, 5) is 12.2. The van der Waals surface area contributed by atoms with Gasteiger partial charge in [0.2, 0.25) is 0 Å². The lowest BCUT2D eigenvalue weighted by molar-refractivity contribution is 0.0938. The molecular weight excluding hydrogens is 270 g/mol. The van der Waals surface area contributed by atoms with Crippen molar-refractivity contribution in [1.29, 1.82) is 0 Å². The molecular formula is C14H19N5O2. The number of amides is 1. The minimum Gasteiger partial charge on any atom is -0.492 e. The normalized spacial score (nSPS) is 12.0. The van der Waals surface area contributed by atoms with Crippen molar-refractivity contribution in [3.8, 4) is 5.75 Å². The predicted molar refractivity (Wildman–Crippen MR) is 78.9 cm³/mol. The van der Waals surface area contributed by atoms with Crippen LogP contribution in [0.3, 0.4) is 0 Å². The summed E-state index contributed by atoms with van der Waals surface area (Å²) in [6.45, 7) is 4.25. The number of nitrogens with one attached hydrogen (secondary N) is 1. The fourth-order valence-corrected chi connectivity index (χ4v) is 2.01. The van der Waals surface area contributed by atoms with E-state index in [1.807, 2.05) is 20.9 Å². The number of hydrogen-bond donors (Lipinski definition) is 2. The van der Waals surface area contributed by atoms with E-state index in [-0.39, 0.29) is 11.9 Å². The average Bonchev–Trinajstić information content (AvgIpc) is 2.87. The van der Waals surface area contributed by atoms with E-state index in [0.29, 0.717) is 29.4 Å². The number of rotatable bonds is 5. The summed E-state index contributed by atoms with van der Waals surface area (Å²) in [5.74, 6) is 1.04. The van der Waals surface area contributed by atoms with Gasteiger partial charge in [-0.15, -0.1) is 10.2 Å². The standard InChI is InChI=1S/C14H19N5O2/c1-4-21-12-6-5-10(7-11(12)15)14(20)17-9(2)13-18-16-8-19(13)3/h5-9H,4,15H2,1-3H3,(H,17,20). The number of ether oxygens (including phenoxy) is 1. The molecule has 1 unspecified atom stereocenters. The minimum atomic E-state index is -0.252. The molecule has 1 aromatic carbocycles. The molecule has 0 aliphatic rings. The Bertz CT molecular complexity index is 638. The van der Waals surface area contributed by atoms with Crippen molar-refractivity contribution in [3.05, 3.63) is 35.9 Å². The number of nitrogen functional groups attached to an aromatic ring is 1. The monoisotopic (exact) mass is 289 g/mol. The highest BCUT2D eigenvalue weighted by Gasteiger charge is 2.16. The molecule has 0 aliphatic heterocycles. The van der Waals surface area contributed by atoms with E-state index in [9.17, 15) is 4.79 Å². The number of hydrogen-bond acceptors (Lipinski definition) is 5. The molecule has 2 rings (SSSR count). The Hall–Kier alpha value is -2.57. The number of nitrogens with zero attached hydrogens (tertiary/aromatic N) is 3. The summed E-state index contributed by atoms with van der Waals surface area (Å²) in [5, 5.41) is 10.6. The molecule has 0 aliphatic carbocycles. The van der Waals surface area contributed by atoms with Gasteiger partial charge in [-0.05, 0) is 32.0 Å². The van der Waals surface area contributed by atoms with Gasteiger partial charge in [0.15, 0.2) is 5.82 Å². The third-order valence-corrected chi connectivity index (χ3v) is 3.05. The Labute approximate surface area is 123 Å². The molecule has 0 bridgehead atoms. The Balaban J connectivity index is 2.10. The fourth-order valence-electron chi connectivity index (χ4n) is 2.01. The molecule has 0 radical (unpaired) electrons. The molecule has 7 nitrogen and oxygen atoms in total. The van der Waals surface area contributed by atoms with Gasteiger partial charge in [0.25, 0.3) is 5.91 Å². The van der Waals surface area contributed by atoms with E-state index < -0.39 is 0 Å². The first-order valence-corrected chi connectivity index (χ1v) is 6.70. The second kappa shape index (κ2) is 6.25. The van der Waals surface area contributed by atoms with Crippen molar-refractivity contribution in [2.45, 2.75) is 19.9 Å². The molecule has 1 heterocycles. The zero-order chi connectivity index (χ0) is 15.4. The zero-order valence-electron chi connectivity index (χ0n) is 12.3. The molecule has 0 saturated heterocycles. The Morgan fingerprint density at radius 2 is 2.29 bits per heavy atom. The van der Waals surface area contributed by atoms with Crippen molar-refractivity contribution in [2.24, 2.45) is 7.05 Å². The Kier molecular flexibility index (Phi) is 4.42. The maximum absolute atomic E-state index is 12.2. The van der Waals surface area contributed by atoms with Gasteiger partial charge in [0.05, 0.1) is 18.3 Å². The van der Waals surface area contributed by atoms with Gasteiger partial charge in [0.1, 0.15) is 12.1 Å². The van der Waals surface area contributed by atoms with Gasteiger partial charge in [0, 0.05) is 12.6 Å². The van der Waals surface area contributed by atoms with Crippen molar-refractivity contribution in [2.75, 3.05) is 12.3 Å². The maximum atomic E-state index is 12.2. The van der Waals surface area contributed by atoms with Crippen LogP contribution < -0.4 is 15.8 Å². The minimum absolute atomic E-state index is 0.222. The van der Waals surface area contributed by atoms with Crippen LogP contribution in [0.4, 0.5) is 5.69 Å². The summed E-state index contributed by atoms with van der Waals surface area (Å²) in [7, 11) is 1.83. The second-order valence-electron chi connectivity index (χ2n) is 4.68. The van der Waals surface area contributed by atoms with Gasteiger partial charge >= 0.3 is 0 Å². The van der Waals surface area contributed by atoms with E-state index in [1.165, 1.54) is 0 Å². The second-order valence-corrected chi connectivity index (χ2v) is 4.68. The van der Waals surface area contributed by atoms with E-state index in [2.05, 4.69) is 15.5 Å². The largest absolute Gasteiger partial charge is 0.492 e. The summed E-state index contributed by atoms with van der Waals surface area (Å²) >= 11 is 0. The number of nitrogens with two attached hydrogens (primary N) is 1. The van der Waals surface area contributed by atoms with Crippen LogP contribution in [0.5, 0.6) is 5.75 Å². The molecule has 1 amide bonds. The lowest BCUT2D eigenvalue weighted by Crippen LogP contribution is -2.28. The van der Waals surface area contributed by atoms with Crippen LogP contribution in [-0.4, -0.2) is 27.3 Å². The number of aryl methyl sites for hydroxylation is 1. The lowest BCUT2D eigenvalue weighted by Gasteiger charge is -2.14. The quantitative estimate of drug-likeness (QED) is 0.809. The van der Waals surface area contributed by atoms with Crippen LogP contribution in [0.25, 0.3) is 0 Å². The molecule has 112 valence electrons. The molecule has 1 atom stereocenters. The van der Waals surface area contributed by atoms with Crippen molar-refractivity contribution < 1.29 is 9.53 Å². The zero-order valence-corrected chi connectivity index (χ0v) is 12.3.